The van der Waals surface area contributed by atoms with Crippen LogP contribution in [0.2, 0.25) is 0 Å². The summed E-state index contributed by atoms with van der Waals surface area (Å²) >= 11 is 0. The van der Waals surface area contributed by atoms with Gasteiger partial charge in [0, 0.05) is 29.9 Å². The van der Waals surface area contributed by atoms with Gasteiger partial charge in [0.1, 0.15) is 18.3 Å². The molecular formula is C20H28N6O2. The minimum atomic E-state index is -0.131. The minimum absolute atomic E-state index is 0.0166. The van der Waals surface area contributed by atoms with Crippen molar-refractivity contribution < 1.29 is 9.53 Å². The zero-order valence-electron chi connectivity index (χ0n) is 16.7. The number of nitrogens with one attached hydrogen (secondary N) is 2. The van der Waals surface area contributed by atoms with E-state index in [1.807, 2.05) is 19.9 Å². The van der Waals surface area contributed by atoms with Crippen molar-refractivity contribution in [3.05, 3.63) is 23.3 Å². The van der Waals surface area contributed by atoms with Crippen LogP contribution in [0.25, 0.3) is 0 Å². The Morgan fingerprint density at radius 1 is 1.46 bits per heavy atom. The van der Waals surface area contributed by atoms with Gasteiger partial charge in [-0.05, 0) is 38.3 Å². The average Bonchev–Trinajstić information content (AvgIpc) is 2.86. The first-order valence-corrected chi connectivity index (χ1v) is 9.62. The van der Waals surface area contributed by atoms with E-state index in [9.17, 15) is 4.79 Å². The van der Waals surface area contributed by atoms with Gasteiger partial charge in [-0.3, -0.25) is 20.1 Å². The lowest BCUT2D eigenvalue weighted by Crippen LogP contribution is -2.52. The summed E-state index contributed by atoms with van der Waals surface area (Å²) in [4.78, 5) is 22.8. The highest BCUT2D eigenvalue weighted by molar-refractivity contribution is 6.49. The van der Waals surface area contributed by atoms with Crippen LogP contribution in [-0.4, -0.2) is 61.0 Å². The van der Waals surface area contributed by atoms with Crippen molar-refractivity contribution in [1.29, 1.82) is 5.41 Å². The van der Waals surface area contributed by atoms with Crippen molar-refractivity contribution in [2.45, 2.75) is 33.4 Å². The lowest BCUT2D eigenvalue weighted by molar-refractivity contribution is -0.125. The van der Waals surface area contributed by atoms with Crippen LogP contribution in [0.15, 0.2) is 22.1 Å². The molecule has 0 aromatic heterocycles. The molecule has 150 valence electrons. The molecule has 8 nitrogen and oxygen atoms in total. The van der Waals surface area contributed by atoms with Crippen LogP contribution in [0.5, 0.6) is 5.75 Å². The molecule has 1 amide bonds. The molecule has 0 bridgehead atoms. The third kappa shape index (κ3) is 4.06. The van der Waals surface area contributed by atoms with E-state index in [0.717, 1.165) is 17.9 Å². The summed E-state index contributed by atoms with van der Waals surface area (Å²) in [5.74, 6) is 0.855. The highest BCUT2D eigenvalue weighted by atomic mass is 16.5. The number of nitrogen functional groups attached to an aromatic ring is 1. The molecule has 2 aliphatic heterocycles. The normalized spacial score (nSPS) is 23.0. The first-order chi connectivity index (χ1) is 13.4. The largest absolute Gasteiger partial charge is 0.494 e. The second kappa shape index (κ2) is 8.52. The predicted octanol–water partition coefficient (Wildman–Crippen LogP) is 1.61. The van der Waals surface area contributed by atoms with Crippen molar-refractivity contribution in [2.75, 3.05) is 32.0 Å². The standard InChI is InChI=1S/C20H28N6O2/c1-4-28-16-6-5-14(21)18(13(16)3)19(22)15-9-12(2)20(25-11-24-15)26-8-7-23-17(27)10-26/h5-6,11-12,20,22H,4,7-10,21H2,1-3H3,(H,23,27). The van der Waals surface area contributed by atoms with E-state index in [1.54, 1.807) is 6.07 Å². The van der Waals surface area contributed by atoms with E-state index >= 15 is 0 Å². The number of amides is 1. The molecule has 0 saturated carbocycles. The van der Waals surface area contributed by atoms with Crippen LogP contribution < -0.4 is 15.8 Å². The Bertz CT molecular complexity index is 832. The highest BCUT2D eigenvalue weighted by Crippen LogP contribution is 2.29. The number of rotatable bonds is 5. The van der Waals surface area contributed by atoms with Crippen LogP contribution in [0.4, 0.5) is 5.69 Å². The minimum Gasteiger partial charge on any atom is -0.494 e. The Labute approximate surface area is 165 Å². The number of aliphatic imine (C=N–C) groups is 2. The van der Waals surface area contributed by atoms with Crippen LogP contribution >= 0.6 is 0 Å². The second-order valence-corrected chi connectivity index (χ2v) is 7.22. The third-order valence-corrected chi connectivity index (χ3v) is 5.19. The lowest BCUT2D eigenvalue weighted by atomic mass is 9.92. The summed E-state index contributed by atoms with van der Waals surface area (Å²) in [5.41, 5.74) is 9.16. The number of piperazine rings is 1. The topological polar surface area (TPSA) is 116 Å². The van der Waals surface area contributed by atoms with Crippen molar-refractivity contribution in [1.82, 2.24) is 10.2 Å². The molecule has 4 N–H and O–H groups in total. The molecule has 8 heteroatoms. The summed E-state index contributed by atoms with van der Waals surface area (Å²) in [7, 11) is 0. The maximum absolute atomic E-state index is 11.7. The predicted molar refractivity (Wildman–Crippen MR) is 112 cm³/mol. The average molecular weight is 384 g/mol. The molecule has 2 atom stereocenters. The van der Waals surface area contributed by atoms with Gasteiger partial charge in [-0.2, -0.15) is 0 Å². The zero-order valence-corrected chi connectivity index (χ0v) is 16.7. The third-order valence-electron chi connectivity index (χ3n) is 5.19. The van der Waals surface area contributed by atoms with Gasteiger partial charge in [0.15, 0.2) is 0 Å². The first-order valence-electron chi connectivity index (χ1n) is 9.62. The fourth-order valence-electron chi connectivity index (χ4n) is 3.79. The van der Waals surface area contributed by atoms with Crippen molar-refractivity contribution in [2.24, 2.45) is 15.9 Å². The summed E-state index contributed by atoms with van der Waals surface area (Å²) in [5, 5.41) is 11.6. The summed E-state index contributed by atoms with van der Waals surface area (Å²) in [6.07, 6.45) is 1.97. The van der Waals surface area contributed by atoms with E-state index in [1.165, 1.54) is 6.34 Å². The number of ether oxygens (including phenoxy) is 1. The Morgan fingerprint density at radius 2 is 2.25 bits per heavy atom. The Hall–Kier alpha value is -2.74. The molecule has 28 heavy (non-hydrogen) atoms. The molecule has 0 aliphatic carbocycles. The van der Waals surface area contributed by atoms with E-state index in [4.69, 9.17) is 15.9 Å². The Morgan fingerprint density at radius 3 is 2.96 bits per heavy atom. The number of hydrogen-bond acceptors (Lipinski definition) is 7. The molecule has 2 aliphatic rings. The molecule has 1 fully saturated rings. The monoisotopic (exact) mass is 384 g/mol. The van der Waals surface area contributed by atoms with Gasteiger partial charge < -0.3 is 15.8 Å². The number of carbonyl (C=O) groups is 1. The van der Waals surface area contributed by atoms with Gasteiger partial charge >= 0.3 is 0 Å². The van der Waals surface area contributed by atoms with E-state index in [2.05, 4.69) is 27.1 Å². The van der Waals surface area contributed by atoms with E-state index in [0.29, 0.717) is 48.8 Å². The van der Waals surface area contributed by atoms with Gasteiger partial charge in [0.25, 0.3) is 0 Å². The number of hydrogen-bond donors (Lipinski definition) is 3. The SMILES string of the molecule is CCOc1ccc(N)c(C(=N)C2=NC=NC(N3CCNC(=O)C3)C(C)C2)c1C. The summed E-state index contributed by atoms with van der Waals surface area (Å²) in [6, 6.07) is 3.60. The lowest BCUT2D eigenvalue weighted by Gasteiger charge is -2.34. The maximum Gasteiger partial charge on any atom is 0.234 e. The molecule has 2 heterocycles. The molecule has 0 radical (unpaired) electrons. The van der Waals surface area contributed by atoms with Crippen LogP contribution in [0.1, 0.15) is 31.4 Å². The fourth-order valence-corrected chi connectivity index (χ4v) is 3.79. The van der Waals surface area contributed by atoms with E-state index < -0.39 is 0 Å². The number of carbonyl (C=O) groups excluding carboxylic acids is 1. The quantitative estimate of drug-likeness (QED) is 0.528. The molecule has 0 spiro atoms. The molecule has 3 rings (SSSR count). The molecule has 1 aromatic carbocycles. The molecule has 1 saturated heterocycles. The molecule has 1 aromatic rings. The highest BCUT2D eigenvalue weighted by Gasteiger charge is 2.31. The number of nitrogens with zero attached hydrogens (tertiary/aromatic N) is 3. The van der Waals surface area contributed by atoms with Gasteiger partial charge in [-0.25, -0.2) is 4.99 Å². The Kier molecular flexibility index (Phi) is 6.08. The zero-order chi connectivity index (χ0) is 20.3. The number of anilines is 1. The van der Waals surface area contributed by atoms with Crippen molar-refractivity contribution in [3.63, 3.8) is 0 Å². The van der Waals surface area contributed by atoms with Crippen LogP contribution in [0, 0.1) is 18.3 Å². The fraction of sp³-hybridized carbons (Fsp3) is 0.500. The van der Waals surface area contributed by atoms with Crippen LogP contribution in [-0.2, 0) is 4.79 Å². The molecular weight excluding hydrogens is 356 g/mol. The van der Waals surface area contributed by atoms with Crippen LogP contribution in [0.3, 0.4) is 0 Å². The number of benzene rings is 1. The van der Waals surface area contributed by atoms with Gasteiger partial charge in [-0.15, -0.1) is 0 Å². The summed E-state index contributed by atoms with van der Waals surface area (Å²) < 4.78 is 5.66. The van der Waals surface area contributed by atoms with Gasteiger partial charge in [0.2, 0.25) is 5.91 Å². The maximum atomic E-state index is 11.7. The Balaban J connectivity index is 1.81. The second-order valence-electron chi connectivity index (χ2n) is 7.22. The van der Waals surface area contributed by atoms with Gasteiger partial charge in [-0.1, -0.05) is 6.92 Å². The summed E-state index contributed by atoms with van der Waals surface area (Å²) in [6.45, 7) is 8.18. The first kappa shape index (κ1) is 20.0. The van der Waals surface area contributed by atoms with Crippen molar-refractivity contribution >= 4 is 29.4 Å². The molecule has 2 unspecified atom stereocenters. The van der Waals surface area contributed by atoms with Crippen molar-refractivity contribution in [3.8, 4) is 5.75 Å². The smallest absolute Gasteiger partial charge is 0.234 e. The number of nitrogens with two attached hydrogens (primary N) is 1. The van der Waals surface area contributed by atoms with Gasteiger partial charge in [0.05, 0.1) is 24.6 Å². The van der Waals surface area contributed by atoms with E-state index in [-0.39, 0.29) is 18.0 Å².